The Balaban J connectivity index is 2.33. The Morgan fingerprint density at radius 3 is 2.39 bits per heavy atom. The summed E-state index contributed by atoms with van der Waals surface area (Å²) in [5, 5.41) is 12.8. The third-order valence-corrected chi connectivity index (χ3v) is 3.27. The summed E-state index contributed by atoms with van der Waals surface area (Å²) in [6.45, 7) is 0. The minimum absolute atomic E-state index is 0.292. The molecule has 3 rings (SSSR count). The van der Waals surface area contributed by atoms with Crippen molar-refractivity contribution in [3.8, 4) is 16.9 Å². The Labute approximate surface area is 110 Å². The molecule has 1 N–H and O–H groups in total. The number of aromatic hydroxyl groups is 1. The van der Waals surface area contributed by atoms with Crippen LogP contribution < -0.4 is 0 Å². The van der Waals surface area contributed by atoms with Crippen molar-refractivity contribution in [3.63, 3.8) is 0 Å². The molecule has 88 valence electrons. The zero-order valence-electron chi connectivity index (χ0n) is 9.60. The number of hydrogen-bond acceptors (Lipinski definition) is 1. The van der Waals surface area contributed by atoms with Crippen molar-refractivity contribution in [2.75, 3.05) is 0 Å². The average molecular weight is 255 g/mol. The van der Waals surface area contributed by atoms with Crippen LogP contribution in [-0.4, -0.2) is 5.11 Å². The van der Waals surface area contributed by atoms with Gasteiger partial charge < -0.3 is 5.11 Å². The maximum atomic E-state index is 9.95. The highest BCUT2D eigenvalue weighted by molar-refractivity contribution is 6.31. The predicted molar refractivity (Wildman–Crippen MR) is 76.1 cm³/mol. The molecule has 0 bridgehead atoms. The second kappa shape index (κ2) is 4.35. The van der Waals surface area contributed by atoms with E-state index in [2.05, 4.69) is 0 Å². The number of para-hydroxylation sites is 1. The number of rotatable bonds is 1. The Bertz CT molecular complexity index is 719. The molecule has 0 fully saturated rings. The SMILES string of the molecule is Oc1ccccc1-c1cccc2cc(Cl)ccc12. The molecule has 0 heterocycles. The van der Waals surface area contributed by atoms with Crippen molar-refractivity contribution in [3.05, 3.63) is 65.7 Å². The van der Waals surface area contributed by atoms with Gasteiger partial charge in [0.1, 0.15) is 5.75 Å². The Morgan fingerprint density at radius 1 is 0.778 bits per heavy atom. The lowest BCUT2D eigenvalue weighted by atomic mass is 9.98. The average Bonchev–Trinajstić information content (AvgIpc) is 2.38. The smallest absolute Gasteiger partial charge is 0.123 e. The van der Waals surface area contributed by atoms with Crippen LogP contribution in [0.3, 0.4) is 0 Å². The molecule has 0 aliphatic heterocycles. The van der Waals surface area contributed by atoms with Gasteiger partial charge in [-0.25, -0.2) is 0 Å². The van der Waals surface area contributed by atoms with Gasteiger partial charge in [-0.2, -0.15) is 0 Å². The topological polar surface area (TPSA) is 20.2 Å². The van der Waals surface area contributed by atoms with Crippen LogP contribution in [0.5, 0.6) is 5.75 Å². The summed E-state index contributed by atoms with van der Waals surface area (Å²) in [5.41, 5.74) is 1.85. The Hall–Kier alpha value is -1.99. The number of hydrogen-bond donors (Lipinski definition) is 1. The molecule has 18 heavy (non-hydrogen) atoms. The first-order valence-corrected chi connectivity index (χ1v) is 6.10. The number of phenolic OH excluding ortho intramolecular Hbond substituents is 1. The Kier molecular flexibility index (Phi) is 2.69. The lowest BCUT2D eigenvalue weighted by Gasteiger charge is -2.08. The summed E-state index contributed by atoms with van der Waals surface area (Å²) in [6, 6.07) is 19.1. The summed E-state index contributed by atoms with van der Waals surface area (Å²) in [7, 11) is 0. The molecule has 0 aromatic heterocycles. The Morgan fingerprint density at radius 2 is 1.56 bits per heavy atom. The van der Waals surface area contributed by atoms with Gasteiger partial charge >= 0.3 is 0 Å². The zero-order valence-corrected chi connectivity index (χ0v) is 10.4. The molecule has 0 saturated heterocycles. The molecular weight excluding hydrogens is 244 g/mol. The highest BCUT2D eigenvalue weighted by atomic mass is 35.5. The third kappa shape index (κ3) is 1.83. The molecule has 0 unspecified atom stereocenters. The van der Waals surface area contributed by atoms with Crippen molar-refractivity contribution in [2.45, 2.75) is 0 Å². The standard InChI is InChI=1S/C16H11ClO/c17-12-8-9-13-11(10-12)4-3-6-14(13)15-5-1-2-7-16(15)18/h1-10,18H. The van der Waals surface area contributed by atoms with E-state index >= 15 is 0 Å². The normalized spacial score (nSPS) is 10.7. The quantitative estimate of drug-likeness (QED) is 0.657. The van der Waals surface area contributed by atoms with Crippen molar-refractivity contribution in [1.29, 1.82) is 0 Å². The molecule has 0 radical (unpaired) electrons. The third-order valence-electron chi connectivity index (χ3n) is 3.04. The molecule has 0 saturated carbocycles. The summed E-state index contributed by atoms with van der Waals surface area (Å²) >= 11 is 6.00. The largest absolute Gasteiger partial charge is 0.507 e. The van der Waals surface area contributed by atoms with Crippen molar-refractivity contribution < 1.29 is 5.11 Å². The van der Waals surface area contributed by atoms with E-state index in [9.17, 15) is 5.11 Å². The minimum Gasteiger partial charge on any atom is -0.507 e. The van der Waals surface area contributed by atoms with Crippen LogP contribution in [0.1, 0.15) is 0 Å². The van der Waals surface area contributed by atoms with Gasteiger partial charge in [-0.15, -0.1) is 0 Å². The maximum absolute atomic E-state index is 9.95. The van der Waals surface area contributed by atoms with E-state index in [1.807, 2.05) is 54.6 Å². The van der Waals surface area contributed by atoms with E-state index in [-0.39, 0.29) is 0 Å². The van der Waals surface area contributed by atoms with Crippen LogP contribution >= 0.6 is 11.6 Å². The first kappa shape index (κ1) is 11.1. The van der Waals surface area contributed by atoms with Crippen molar-refractivity contribution in [2.24, 2.45) is 0 Å². The minimum atomic E-state index is 0.292. The van der Waals surface area contributed by atoms with E-state index < -0.39 is 0 Å². The lowest BCUT2D eigenvalue weighted by molar-refractivity contribution is 0.477. The van der Waals surface area contributed by atoms with Crippen LogP contribution in [0, 0.1) is 0 Å². The zero-order chi connectivity index (χ0) is 12.5. The van der Waals surface area contributed by atoms with E-state index in [1.165, 1.54) is 0 Å². The molecule has 0 spiro atoms. The summed E-state index contributed by atoms with van der Waals surface area (Å²) in [4.78, 5) is 0. The van der Waals surface area contributed by atoms with E-state index in [4.69, 9.17) is 11.6 Å². The number of benzene rings is 3. The van der Waals surface area contributed by atoms with Crippen LogP contribution in [0.25, 0.3) is 21.9 Å². The second-order valence-electron chi connectivity index (χ2n) is 4.19. The van der Waals surface area contributed by atoms with Gasteiger partial charge in [0.15, 0.2) is 0 Å². The molecule has 3 aromatic rings. The molecule has 0 atom stereocenters. The lowest BCUT2D eigenvalue weighted by Crippen LogP contribution is -1.82. The molecule has 2 heteroatoms. The van der Waals surface area contributed by atoms with E-state index in [0.29, 0.717) is 5.75 Å². The van der Waals surface area contributed by atoms with Crippen LogP contribution in [0.4, 0.5) is 0 Å². The predicted octanol–water partition coefficient (Wildman–Crippen LogP) is 4.87. The van der Waals surface area contributed by atoms with E-state index in [0.717, 1.165) is 26.9 Å². The molecule has 3 aromatic carbocycles. The second-order valence-corrected chi connectivity index (χ2v) is 4.62. The van der Waals surface area contributed by atoms with Gasteiger partial charge in [0.25, 0.3) is 0 Å². The van der Waals surface area contributed by atoms with Gasteiger partial charge in [-0.3, -0.25) is 0 Å². The molecule has 1 nitrogen and oxygen atoms in total. The van der Waals surface area contributed by atoms with Gasteiger partial charge in [0.2, 0.25) is 0 Å². The van der Waals surface area contributed by atoms with Gasteiger partial charge in [0, 0.05) is 10.6 Å². The molecule has 0 amide bonds. The highest BCUT2D eigenvalue weighted by Gasteiger charge is 2.07. The van der Waals surface area contributed by atoms with Crippen LogP contribution in [0.15, 0.2) is 60.7 Å². The first-order chi connectivity index (χ1) is 8.75. The highest BCUT2D eigenvalue weighted by Crippen LogP contribution is 2.34. The summed E-state index contributed by atoms with van der Waals surface area (Å²) < 4.78 is 0. The fourth-order valence-electron chi connectivity index (χ4n) is 2.19. The summed E-state index contributed by atoms with van der Waals surface area (Å²) in [6.07, 6.45) is 0. The fraction of sp³-hybridized carbons (Fsp3) is 0. The number of halogens is 1. The summed E-state index contributed by atoms with van der Waals surface area (Å²) in [5.74, 6) is 0.292. The van der Waals surface area contributed by atoms with Crippen molar-refractivity contribution in [1.82, 2.24) is 0 Å². The monoisotopic (exact) mass is 254 g/mol. The molecule has 0 aliphatic carbocycles. The number of phenols is 1. The first-order valence-electron chi connectivity index (χ1n) is 5.72. The maximum Gasteiger partial charge on any atom is 0.123 e. The van der Waals surface area contributed by atoms with E-state index in [1.54, 1.807) is 6.07 Å². The van der Waals surface area contributed by atoms with Gasteiger partial charge in [-0.1, -0.05) is 54.1 Å². The van der Waals surface area contributed by atoms with Gasteiger partial charge in [-0.05, 0) is 34.5 Å². The molecule has 0 aliphatic rings. The van der Waals surface area contributed by atoms with Crippen LogP contribution in [-0.2, 0) is 0 Å². The molecular formula is C16H11ClO. The fourth-order valence-corrected chi connectivity index (χ4v) is 2.37. The van der Waals surface area contributed by atoms with Gasteiger partial charge in [0.05, 0.1) is 0 Å². The van der Waals surface area contributed by atoms with Crippen LogP contribution in [0.2, 0.25) is 5.02 Å². The van der Waals surface area contributed by atoms with Crippen molar-refractivity contribution >= 4 is 22.4 Å². The number of fused-ring (bicyclic) bond motifs is 1.